The molecule has 2 aromatic rings. The summed E-state index contributed by atoms with van der Waals surface area (Å²) >= 11 is 0. The SMILES string of the molecule is CC(C)(C)OC(=O)N1CCN2C(=O)c3c(N4CC(O)CC4(C)C)nc(-c4ccccc4F)c(F)c3OC[C@H]2C1. The van der Waals surface area contributed by atoms with Gasteiger partial charge >= 0.3 is 6.09 Å². The summed E-state index contributed by atoms with van der Waals surface area (Å²) < 4.78 is 42.4. The van der Waals surface area contributed by atoms with Gasteiger partial charge in [-0.3, -0.25) is 4.79 Å². The Morgan fingerprint density at radius 2 is 1.90 bits per heavy atom. The lowest BCUT2D eigenvalue weighted by atomic mass is 10.00. The van der Waals surface area contributed by atoms with Crippen molar-refractivity contribution in [2.24, 2.45) is 0 Å². The van der Waals surface area contributed by atoms with E-state index in [9.17, 15) is 19.1 Å². The maximum absolute atomic E-state index is 16.1. The van der Waals surface area contributed by atoms with Crippen molar-refractivity contribution >= 4 is 17.8 Å². The Labute approximate surface area is 226 Å². The number of rotatable bonds is 2. The molecule has 2 amide bonds. The Kier molecular flexibility index (Phi) is 6.69. The number of piperazine rings is 1. The molecular weight excluding hydrogens is 510 g/mol. The number of anilines is 1. The van der Waals surface area contributed by atoms with Gasteiger partial charge in [-0.2, -0.15) is 0 Å². The molecule has 1 aromatic heterocycles. The normalized spacial score (nSPS) is 22.7. The first-order chi connectivity index (χ1) is 18.3. The zero-order valence-electron chi connectivity index (χ0n) is 22.8. The van der Waals surface area contributed by atoms with Crippen LogP contribution in [0.2, 0.25) is 0 Å². The van der Waals surface area contributed by atoms with Crippen LogP contribution in [0, 0.1) is 11.6 Å². The molecule has 1 aromatic carbocycles. The summed E-state index contributed by atoms with van der Waals surface area (Å²) in [4.78, 5) is 36.1. The molecule has 9 nitrogen and oxygen atoms in total. The number of fused-ring (bicyclic) bond motifs is 2. The Morgan fingerprint density at radius 3 is 2.54 bits per heavy atom. The highest BCUT2D eigenvalue weighted by Gasteiger charge is 2.45. The molecule has 2 saturated heterocycles. The number of nitrogens with zero attached hydrogens (tertiary/aromatic N) is 4. The van der Waals surface area contributed by atoms with Gasteiger partial charge in [-0.1, -0.05) is 12.1 Å². The molecule has 4 heterocycles. The predicted octanol–water partition coefficient (Wildman–Crippen LogP) is 3.83. The van der Waals surface area contributed by atoms with Gasteiger partial charge in [-0.25, -0.2) is 18.6 Å². The minimum Gasteiger partial charge on any atom is -0.487 e. The molecule has 2 atom stereocenters. The number of carbonyl (C=O) groups excluding carboxylic acids is 2. The number of aromatic nitrogens is 1. The van der Waals surface area contributed by atoms with Crippen LogP contribution in [0.15, 0.2) is 24.3 Å². The van der Waals surface area contributed by atoms with E-state index < -0.39 is 46.9 Å². The summed E-state index contributed by atoms with van der Waals surface area (Å²) in [5, 5.41) is 10.5. The van der Waals surface area contributed by atoms with Crippen molar-refractivity contribution in [2.75, 3.05) is 37.7 Å². The fraction of sp³-hybridized carbons (Fsp3) is 0.536. The summed E-state index contributed by atoms with van der Waals surface area (Å²) in [5.74, 6) is -2.27. The summed E-state index contributed by atoms with van der Waals surface area (Å²) in [5.41, 5.74) is -1.71. The van der Waals surface area contributed by atoms with Crippen LogP contribution in [0.3, 0.4) is 0 Å². The summed E-state index contributed by atoms with van der Waals surface area (Å²) in [7, 11) is 0. The van der Waals surface area contributed by atoms with Crippen molar-refractivity contribution in [3.63, 3.8) is 0 Å². The monoisotopic (exact) mass is 544 g/mol. The quantitative estimate of drug-likeness (QED) is 0.614. The third-order valence-corrected chi connectivity index (χ3v) is 7.35. The topological polar surface area (TPSA) is 95.4 Å². The number of aliphatic hydroxyl groups is 1. The van der Waals surface area contributed by atoms with E-state index in [4.69, 9.17) is 9.47 Å². The molecule has 3 aliphatic heterocycles. The third-order valence-electron chi connectivity index (χ3n) is 7.35. The molecule has 1 unspecified atom stereocenters. The smallest absolute Gasteiger partial charge is 0.410 e. The van der Waals surface area contributed by atoms with Crippen molar-refractivity contribution < 1.29 is 33.0 Å². The third kappa shape index (κ3) is 4.99. The van der Waals surface area contributed by atoms with E-state index in [2.05, 4.69) is 4.98 Å². The molecule has 0 aliphatic carbocycles. The largest absolute Gasteiger partial charge is 0.487 e. The maximum atomic E-state index is 16.1. The minimum absolute atomic E-state index is 0.0641. The standard InChI is InChI=1S/C28H34F2N4O5/c1-27(2,3)39-26(37)32-10-11-33-16(13-32)15-38-23-20(25(33)36)24(34-14-17(35)12-28(34,4)5)31-22(21(23)30)18-8-6-7-9-19(18)29/h6-9,16-17,35H,10-15H2,1-5H3/t16-,17?/m1/s1. The lowest BCUT2D eigenvalue weighted by Crippen LogP contribution is -2.58. The van der Waals surface area contributed by atoms with Crippen molar-refractivity contribution in [3.8, 4) is 17.0 Å². The zero-order chi connectivity index (χ0) is 28.3. The van der Waals surface area contributed by atoms with E-state index in [0.29, 0.717) is 6.42 Å². The van der Waals surface area contributed by atoms with Crippen LogP contribution in [-0.2, 0) is 4.74 Å². The van der Waals surface area contributed by atoms with Crippen LogP contribution in [0.25, 0.3) is 11.3 Å². The number of aliphatic hydroxyl groups excluding tert-OH is 1. The van der Waals surface area contributed by atoms with Crippen LogP contribution in [0.5, 0.6) is 5.75 Å². The van der Waals surface area contributed by atoms with E-state index in [1.807, 2.05) is 13.8 Å². The number of β-amino-alcohol motifs (C(OH)–C–C–N with tert-alkyl or cyclic N) is 1. The Morgan fingerprint density at radius 1 is 1.18 bits per heavy atom. The van der Waals surface area contributed by atoms with Gasteiger partial charge in [0.15, 0.2) is 11.6 Å². The molecule has 0 radical (unpaired) electrons. The average molecular weight is 545 g/mol. The second-order valence-corrected chi connectivity index (χ2v) is 12.0. The number of hydrogen-bond donors (Lipinski definition) is 1. The Bertz CT molecular complexity index is 1310. The van der Waals surface area contributed by atoms with Gasteiger partial charge in [-0.05, 0) is 53.2 Å². The molecule has 3 aliphatic rings. The number of carbonyl (C=O) groups is 2. The van der Waals surface area contributed by atoms with Gasteiger partial charge in [0.2, 0.25) is 0 Å². The van der Waals surface area contributed by atoms with Crippen LogP contribution in [-0.4, -0.2) is 88.0 Å². The fourth-order valence-corrected chi connectivity index (χ4v) is 5.55. The van der Waals surface area contributed by atoms with Crippen LogP contribution >= 0.6 is 0 Å². The van der Waals surface area contributed by atoms with Crippen LogP contribution in [0.4, 0.5) is 19.4 Å². The van der Waals surface area contributed by atoms with Gasteiger partial charge < -0.3 is 29.3 Å². The lowest BCUT2D eigenvalue weighted by Gasteiger charge is -2.40. The zero-order valence-corrected chi connectivity index (χ0v) is 22.8. The van der Waals surface area contributed by atoms with E-state index in [1.54, 1.807) is 36.6 Å². The fourth-order valence-electron chi connectivity index (χ4n) is 5.55. The number of pyridine rings is 1. The molecular formula is C28H34F2N4O5. The number of benzene rings is 1. The highest BCUT2D eigenvalue weighted by atomic mass is 19.1. The van der Waals surface area contributed by atoms with Crippen LogP contribution in [0.1, 0.15) is 51.4 Å². The van der Waals surface area contributed by atoms with Crippen molar-refractivity contribution in [1.82, 2.24) is 14.8 Å². The molecule has 39 heavy (non-hydrogen) atoms. The van der Waals surface area contributed by atoms with Gasteiger partial charge in [-0.15, -0.1) is 0 Å². The first kappa shape index (κ1) is 27.1. The predicted molar refractivity (Wildman–Crippen MR) is 140 cm³/mol. The lowest BCUT2D eigenvalue weighted by molar-refractivity contribution is 0.000864. The second-order valence-electron chi connectivity index (χ2n) is 12.0. The Hall–Kier alpha value is -3.47. The highest BCUT2D eigenvalue weighted by Crippen LogP contribution is 2.43. The number of halogens is 2. The van der Waals surface area contributed by atoms with Gasteiger partial charge in [0.05, 0.1) is 12.1 Å². The van der Waals surface area contributed by atoms with E-state index in [1.165, 1.54) is 23.1 Å². The van der Waals surface area contributed by atoms with Gasteiger partial charge in [0.25, 0.3) is 5.91 Å². The Balaban J connectivity index is 1.59. The molecule has 210 valence electrons. The van der Waals surface area contributed by atoms with Gasteiger partial charge in [0.1, 0.15) is 35.1 Å². The molecule has 2 fully saturated rings. The summed E-state index contributed by atoms with van der Waals surface area (Å²) in [6.07, 6.45) is -0.784. The highest BCUT2D eigenvalue weighted by molar-refractivity contribution is 6.03. The molecule has 0 spiro atoms. The summed E-state index contributed by atoms with van der Waals surface area (Å²) in [6, 6.07) is 5.14. The maximum Gasteiger partial charge on any atom is 0.410 e. The molecule has 0 bridgehead atoms. The van der Waals surface area contributed by atoms with Crippen molar-refractivity contribution in [3.05, 3.63) is 41.5 Å². The number of hydrogen-bond acceptors (Lipinski definition) is 7. The summed E-state index contributed by atoms with van der Waals surface area (Å²) in [6.45, 7) is 9.77. The molecule has 0 saturated carbocycles. The second kappa shape index (κ2) is 9.62. The van der Waals surface area contributed by atoms with E-state index >= 15 is 4.39 Å². The van der Waals surface area contributed by atoms with Crippen LogP contribution < -0.4 is 9.64 Å². The number of amides is 2. The van der Waals surface area contributed by atoms with Gasteiger partial charge in [0, 0.05) is 37.3 Å². The van der Waals surface area contributed by atoms with Crippen molar-refractivity contribution in [2.45, 2.75) is 64.3 Å². The molecule has 11 heteroatoms. The van der Waals surface area contributed by atoms with E-state index in [-0.39, 0.29) is 61.2 Å². The average Bonchev–Trinajstić information content (AvgIpc) is 3.03. The first-order valence-corrected chi connectivity index (χ1v) is 13.1. The van der Waals surface area contributed by atoms with E-state index in [0.717, 1.165) is 0 Å². The van der Waals surface area contributed by atoms with Crippen molar-refractivity contribution in [1.29, 1.82) is 0 Å². The molecule has 5 rings (SSSR count). The minimum atomic E-state index is -0.936. The number of ether oxygens (including phenoxy) is 2. The first-order valence-electron chi connectivity index (χ1n) is 13.1. The molecule has 1 N–H and O–H groups in total.